The summed E-state index contributed by atoms with van der Waals surface area (Å²) in [5.74, 6) is -4.58. The van der Waals surface area contributed by atoms with Crippen LogP contribution in [0.2, 0.25) is 0 Å². The van der Waals surface area contributed by atoms with E-state index < -0.39 is 17.7 Å². The summed E-state index contributed by atoms with van der Waals surface area (Å²) in [6.07, 6.45) is 7.09. The van der Waals surface area contributed by atoms with Gasteiger partial charge >= 0.3 is 0 Å². The smallest absolute Gasteiger partial charge is 0.257 e. The Labute approximate surface area is 246 Å². The number of nitrogens with zero attached hydrogens (tertiary/aromatic N) is 1. The highest BCUT2D eigenvalue weighted by molar-refractivity contribution is 6.08. The summed E-state index contributed by atoms with van der Waals surface area (Å²) < 4.78 is 10.1. The van der Waals surface area contributed by atoms with E-state index in [1.807, 2.05) is 0 Å². The third kappa shape index (κ3) is 11.1. The molecule has 0 aliphatic rings. The lowest BCUT2D eigenvalue weighted by Gasteiger charge is -2.32. The maximum Gasteiger partial charge on any atom is 0.257 e. The van der Waals surface area contributed by atoms with Crippen LogP contribution in [0.5, 0.6) is 23.0 Å². The van der Waals surface area contributed by atoms with E-state index in [9.17, 15) is 30.0 Å². The van der Waals surface area contributed by atoms with Gasteiger partial charge in [-0.15, -0.1) is 0 Å². The largest absolute Gasteiger partial charge is 0.504 e. The molecule has 2 amide bonds. The molecule has 2 rings (SSSR count). The lowest BCUT2D eigenvalue weighted by molar-refractivity contribution is -0.250. The zero-order valence-electron chi connectivity index (χ0n) is 24.1. The Morgan fingerprint density at radius 3 is 1.71 bits per heavy atom. The van der Waals surface area contributed by atoms with E-state index in [2.05, 4.69) is 10.6 Å². The van der Waals surface area contributed by atoms with Crippen molar-refractivity contribution in [2.75, 3.05) is 46.9 Å². The summed E-state index contributed by atoms with van der Waals surface area (Å²) >= 11 is 0. The van der Waals surface area contributed by atoms with E-state index in [-0.39, 0.29) is 36.0 Å². The lowest BCUT2D eigenvalue weighted by Crippen LogP contribution is -2.55. The number of nitrogens with two attached hydrogens (primary N) is 1. The minimum absolute atomic E-state index is 0.0890. The van der Waals surface area contributed by atoms with Crippen LogP contribution in [0, 0.1) is 0 Å². The molecule has 0 heterocycles. The summed E-state index contributed by atoms with van der Waals surface area (Å²) in [6, 6.07) is 8.76. The molecule has 12 heteroatoms. The number of nitrogens with one attached hydrogen (secondary N) is 2. The zero-order valence-corrected chi connectivity index (χ0v) is 24.1. The number of phenols is 2. The quantitative estimate of drug-likeness (QED) is 0.0763. The number of carbonyl (C=O) groups is 2. The fourth-order valence-electron chi connectivity index (χ4n) is 3.89. The van der Waals surface area contributed by atoms with Crippen LogP contribution in [-0.2, 0) is 9.59 Å². The zero-order chi connectivity index (χ0) is 31.0. The van der Waals surface area contributed by atoms with Crippen LogP contribution in [0.4, 0.5) is 0 Å². The van der Waals surface area contributed by atoms with Gasteiger partial charge in [-0.2, -0.15) is 0 Å². The number of rotatable bonds is 18. The summed E-state index contributed by atoms with van der Waals surface area (Å²) in [4.78, 5) is 26.7. The molecule has 12 nitrogen and oxygen atoms in total. The van der Waals surface area contributed by atoms with Crippen molar-refractivity contribution in [1.29, 1.82) is 0 Å². The predicted molar refractivity (Wildman–Crippen MR) is 160 cm³/mol. The van der Waals surface area contributed by atoms with E-state index >= 15 is 0 Å². The van der Waals surface area contributed by atoms with Crippen molar-refractivity contribution < 1.29 is 39.5 Å². The maximum atomic E-state index is 13.2. The molecular formula is C30H42N4O8. The molecule has 0 aromatic heterocycles. The molecule has 0 aliphatic heterocycles. The van der Waals surface area contributed by atoms with Crippen molar-refractivity contribution >= 4 is 24.0 Å². The van der Waals surface area contributed by atoms with E-state index in [1.54, 1.807) is 0 Å². The Bertz CT molecular complexity index is 1140. The summed E-state index contributed by atoms with van der Waals surface area (Å²) in [6.45, 7) is 3.09. The molecule has 0 radical (unpaired) electrons. The Hall–Kier alpha value is -3.94. The van der Waals surface area contributed by atoms with Gasteiger partial charge in [-0.3, -0.25) is 9.59 Å². The SMILES string of the molecule is COc1cc(/C=C/C(=O)N(C(=O)/C=C/c2ccc(O)c(OC)c2)C(O)(O)CCNCCCCNCCCN)ccc1O. The van der Waals surface area contributed by atoms with Crippen molar-refractivity contribution in [2.24, 2.45) is 5.73 Å². The summed E-state index contributed by atoms with van der Waals surface area (Å²) in [7, 11) is 2.76. The number of ether oxygens (including phenoxy) is 2. The van der Waals surface area contributed by atoms with Gasteiger partial charge in [0.25, 0.3) is 17.7 Å². The first-order valence-electron chi connectivity index (χ1n) is 13.7. The first-order valence-corrected chi connectivity index (χ1v) is 13.7. The standard InChI is InChI=1S/C30H42N4O8/c1-41-26-20-22(6-10-24(26)35)8-12-28(37)34(29(38)13-9-23-7-11-25(36)27(21-23)42-2)30(39,40)14-19-33-17-4-3-16-32-18-5-15-31/h6-13,20-21,32-33,35-36,39-40H,3-5,14-19,31H2,1-2H3/b12-8+,13-9+. The fraction of sp³-hybridized carbons (Fsp3) is 0.400. The number of phenolic OH excluding ortho intramolecular Hbond substituents is 2. The number of unbranched alkanes of at least 4 members (excludes halogenated alkanes) is 1. The van der Waals surface area contributed by atoms with Gasteiger partial charge in [-0.05, 0) is 93.0 Å². The predicted octanol–water partition coefficient (Wildman–Crippen LogP) is 1.53. The third-order valence-corrected chi connectivity index (χ3v) is 6.20. The Balaban J connectivity index is 2.14. The molecule has 0 saturated carbocycles. The minimum atomic E-state index is -2.81. The van der Waals surface area contributed by atoms with Crippen LogP contribution >= 0.6 is 0 Å². The Morgan fingerprint density at radius 1 is 0.810 bits per heavy atom. The molecule has 0 spiro atoms. The molecule has 8 N–H and O–H groups in total. The molecule has 42 heavy (non-hydrogen) atoms. The van der Waals surface area contributed by atoms with Crippen LogP contribution in [0.3, 0.4) is 0 Å². The second kappa shape index (κ2) is 17.8. The fourth-order valence-corrected chi connectivity index (χ4v) is 3.89. The second-order valence-electron chi connectivity index (χ2n) is 9.41. The first kappa shape index (κ1) is 34.3. The third-order valence-electron chi connectivity index (χ3n) is 6.20. The summed E-state index contributed by atoms with van der Waals surface area (Å²) in [5, 5.41) is 47.7. The van der Waals surface area contributed by atoms with Crippen LogP contribution in [0.1, 0.15) is 36.8 Å². The van der Waals surface area contributed by atoms with E-state index in [1.165, 1.54) is 62.8 Å². The number of carbonyl (C=O) groups excluding carboxylic acids is 2. The number of imide groups is 1. The normalized spacial score (nSPS) is 11.7. The van der Waals surface area contributed by atoms with E-state index in [4.69, 9.17) is 15.2 Å². The summed E-state index contributed by atoms with van der Waals surface area (Å²) in [5.41, 5.74) is 6.41. The molecule has 230 valence electrons. The Morgan fingerprint density at radius 2 is 1.26 bits per heavy atom. The second-order valence-corrected chi connectivity index (χ2v) is 9.41. The average molecular weight is 587 g/mol. The van der Waals surface area contributed by atoms with Gasteiger partial charge in [-0.1, -0.05) is 12.1 Å². The molecule has 0 aliphatic carbocycles. The minimum Gasteiger partial charge on any atom is -0.504 e. The molecule has 0 unspecified atom stereocenters. The van der Waals surface area contributed by atoms with Gasteiger partial charge in [0, 0.05) is 25.1 Å². The van der Waals surface area contributed by atoms with Crippen LogP contribution in [0.15, 0.2) is 48.6 Å². The number of benzene rings is 2. The van der Waals surface area contributed by atoms with Gasteiger partial charge < -0.3 is 46.3 Å². The number of methoxy groups -OCH3 is 2. The molecule has 0 atom stereocenters. The number of hydrogen-bond acceptors (Lipinski definition) is 11. The van der Waals surface area contributed by atoms with Gasteiger partial charge in [0.05, 0.1) is 14.2 Å². The van der Waals surface area contributed by atoms with Gasteiger partial charge in [0.1, 0.15) is 0 Å². The van der Waals surface area contributed by atoms with Crippen molar-refractivity contribution in [3.05, 3.63) is 59.7 Å². The lowest BCUT2D eigenvalue weighted by atomic mass is 10.1. The van der Waals surface area contributed by atoms with Crippen molar-refractivity contribution in [2.45, 2.75) is 31.6 Å². The Kier molecular flexibility index (Phi) is 14.5. The topological polar surface area (TPSA) is 187 Å². The molecular weight excluding hydrogens is 544 g/mol. The van der Waals surface area contributed by atoms with Crippen LogP contribution in [0.25, 0.3) is 12.2 Å². The van der Waals surface area contributed by atoms with Crippen molar-refractivity contribution in [3.8, 4) is 23.0 Å². The monoisotopic (exact) mass is 586 g/mol. The van der Waals surface area contributed by atoms with Gasteiger partial charge in [0.15, 0.2) is 23.0 Å². The molecule has 0 saturated heterocycles. The number of aliphatic hydroxyl groups is 2. The number of amides is 2. The number of hydrogen-bond donors (Lipinski definition) is 7. The molecule has 0 bridgehead atoms. The van der Waals surface area contributed by atoms with E-state index in [0.717, 1.165) is 44.5 Å². The average Bonchev–Trinajstić information content (AvgIpc) is 2.97. The highest BCUT2D eigenvalue weighted by atomic mass is 16.5. The van der Waals surface area contributed by atoms with Gasteiger partial charge in [-0.25, -0.2) is 4.90 Å². The van der Waals surface area contributed by atoms with Crippen molar-refractivity contribution in [1.82, 2.24) is 15.5 Å². The molecule has 0 fully saturated rings. The molecule has 2 aromatic carbocycles. The highest BCUT2D eigenvalue weighted by Crippen LogP contribution is 2.28. The van der Waals surface area contributed by atoms with Crippen molar-refractivity contribution in [3.63, 3.8) is 0 Å². The van der Waals surface area contributed by atoms with E-state index in [0.29, 0.717) is 29.1 Å². The van der Waals surface area contributed by atoms with Crippen LogP contribution in [-0.4, -0.2) is 90.0 Å². The molecule has 2 aromatic rings. The number of aromatic hydroxyl groups is 2. The first-order chi connectivity index (χ1) is 20.1. The van der Waals surface area contributed by atoms with Crippen LogP contribution < -0.4 is 25.8 Å². The van der Waals surface area contributed by atoms with Gasteiger partial charge in [0.2, 0.25) is 0 Å². The highest BCUT2D eigenvalue weighted by Gasteiger charge is 2.38. The maximum absolute atomic E-state index is 13.2.